The summed E-state index contributed by atoms with van der Waals surface area (Å²) < 4.78 is 5.05. The highest BCUT2D eigenvalue weighted by molar-refractivity contribution is 6.03. The van der Waals surface area contributed by atoms with E-state index in [0.29, 0.717) is 29.5 Å². The average molecular weight is 260 g/mol. The number of hydrogen-bond donors (Lipinski definition) is 1. The van der Waals surface area contributed by atoms with Gasteiger partial charge in [0.25, 0.3) is 5.91 Å². The Morgan fingerprint density at radius 2 is 2.26 bits per heavy atom. The molecule has 1 N–H and O–H groups in total. The molecule has 1 aromatic rings. The number of rotatable bonds is 3. The minimum absolute atomic E-state index is 0.0741. The maximum absolute atomic E-state index is 12.0. The Labute approximate surface area is 111 Å². The van der Waals surface area contributed by atoms with Crippen LogP contribution in [0.25, 0.3) is 0 Å². The average Bonchev–Trinajstić information content (AvgIpc) is 3.15. The topological polar surface area (TPSA) is 68.3 Å². The van der Waals surface area contributed by atoms with E-state index >= 15 is 0 Å². The molecule has 0 radical (unpaired) electrons. The van der Waals surface area contributed by atoms with Crippen LogP contribution in [0.3, 0.4) is 0 Å². The summed E-state index contributed by atoms with van der Waals surface area (Å²) in [4.78, 5) is 28.3. The molecule has 1 aliphatic heterocycles. The molecule has 100 valence electrons. The van der Waals surface area contributed by atoms with Crippen LogP contribution in [0, 0.1) is 12.8 Å². The Morgan fingerprint density at radius 1 is 1.53 bits per heavy atom. The number of nitrogens with one attached hydrogen (secondary N) is 1. The zero-order valence-corrected chi connectivity index (χ0v) is 11.0. The number of aromatic nitrogens is 1. The van der Waals surface area contributed by atoms with E-state index in [1.54, 1.807) is 19.9 Å². The maximum atomic E-state index is 12.0. The Morgan fingerprint density at radius 3 is 2.89 bits per heavy atom. The number of fused-ring (bicyclic) bond motifs is 1. The summed E-state index contributed by atoms with van der Waals surface area (Å²) >= 11 is 0. The predicted molar refractivity (Wildman–Crippen MR) is 67.9 cm³/mol. The first-order valence-corrected chi connectivity index (χ1v) is 6.61. The van der Waals surface area contributed by atoms with Crippen molar-refractivity contribution in [3.8, 4) is 0 Å². The fourth-order valence-corrected chi connectivity index (χ4v) is 2.62. The first-order chi connectivity index (χ1) is 9.11. The fraction of sp³-hybridized carbons (Fsp3) is 0.500. The Balaban J connectivity index is 2.11. The van der Waals surface area contributed by atoms with Gasteiger partial charge in [-0.2, -0.15) is 0 Å². The lowest BCUT2D eigenvalue weighted by Crippen LogP contribution is -2.21. The SMILES string of the molecule is CCOC(=O)c1nc(C)cc2c1C(C1CC1)NC2=O. The summed E-state index contributed by atoms with van der Waals surface area (Å²) in [6.07, 6.45) is 2.17. The van der Waals surface area contributed by atoms with Crippen LogP contribution in [0.5, 0.6) is 0 Å². The standard InChI is InChI=1S/C14H16N2O3/c1-3-19-14(18)12-10-9(6-7(2)15-12)13(17)16-11(10)8-4-5-8/h6,8,11H,3-5H2,1-2H3,(H,16,17). The molecular formula is C14H16N2O3. The van der Waals surface area contributed by atoms with Crippen LogP contribution in [0.2, 0.25) is 0 Å². The van der Waals surface area contributed by atoms with Crippen molar-refractivity contribution in [2.75, 3.05) is 6.61 Å². The second-order valence-corrected chi connectivity index (χ2v) is 5.08. The van der Waals surface area contributed by atoms with Gasteiger partial charge in [0.1, 0.15) is 0 Å². The third-order valence-electron chi connectivity index (χ3n) is 3.59. The molecule has 2 aliphatic rings. The smallest absolute Gasteiger partial charge is 0.357 e. The number of ether oxygens (including phenoxy) is 1. The molecule has 0 saturated heterocycles. The summed E-state index contributed by atoms with van der Waals surface area (Å²) in [5, 5.41) is 2.96. The summed E-state index contributed by atoms with van der Waals surface area (Å²) in [7, 11) is 0. The first kappa shape index (κ1) is 12.1. The van der Waals surface area contributed by atoms with Crippen molar-refractivity contribution in [2.45, 2.75) is 32.7 Å². The molecule has 1 saturated carbocycles. The zero-order chi connectivity index (χ0) is 13.6. The minimum atomic E-state index is -0.440. The molecule has 0 spiro atoms. The van der Waals surface area contributed by atoms with Crippen LogP contribution in [0.4, 0.5) is 0 Å². The van der Waals surface area contributed by atoms with Gasteiger partial charge in [0.2, 0.25) is 0 Å². The van der Waals surface area contributed by atoms with Gasteiger partial charge in [-0.05, 0) is 38.7 Å². The molecule has 2 heterocycles. The normalized spacial score (nSPS) is 20.9. The Bertz CT molecular complexity index is 564. The van der Waals surface area contributed by atoms with Gasteiger partial charge in [-0.15, -0.1) is 0 Å². The van der Waals surface area contributed by atoms with Crippen LogP contribution in [0.15, 0.2) is 6.07 Å². The molecule has 1 aromatic heterocycles. The van der Waals surface area contributed by atoms with Crippen molar-refractivity contribution < 1.29 is 14.3 Å². The molecule has 1 fully saturated rings. The van der Waals surface area contributed by atoms with Gasteiger partial charge in [0, 0.05) is 16.8 Å². The largest absolute Gasteiger partial charge is 0.461 e. The van der Waals surface area contributed by atoms with Gasteiger partial charge in [-0.3, -0.25) is 4.79 Å². The van der Waals surface area contributed by atoms with E-state index in [2.05, 4.69) is 10.3 Å². The monoisotopic (exact) mass is 260 g/mol. The molecule has 1 amide bonds. The molecule has 0 bridgehead atoms. The molecule has 5 heteroatoms. The lowest BCUT2D eigenvalue weighted by molar-refractivity contribution is 0.0516. The van der Waals surface area contributed by atoms with E-state index in [9.17, 15) is 9.59 Å². The number of esters is 1. The number of carbonyl (C=O) groups is 2. The molecule has 1 unspecified atom stereocenters. The van der Waals surface area contributed by atoms with Crippen LogP contribution in [0.1, 0.15) is 57.9 Å². The second-order valence-electron chi connectivity index (χ2n) is 5.08. The van der Waals surface area contributed by atoms with E-state index in [1.165, 1.54) is 0 Å². The van der Waals surface area contributed by atoms with Crippen molar-refractivity contribution in [1.82, 2.24) is 10.3 Å². The summed E-state index contributed by atoms with van der Waals surface area (Å²) in [5.41, 5.74) is 2.27. The summed E-state index contributed by atoms with van der Waals surface area (Å²) in [5.74, 6) is -0.115. The van der Waals surface area contributed by atoms with Crippen molar-refractivity contribution in [1.29, 1.82) is 0 Å². The highest BCUT2D eigenvalue weighted by atomic mass is 16.5. The molecule has 1 atom stereocenters. The van der Waals surface area contributed by atoms with Gasteiger partial charge in [0.15, 0.2) is 5.69 Å². The molecule has 0 aromatic carbocycles. The second kappa shape index (κ2) is 4.33. The van der Waals surface area contributed by atoms with Crippen LogP contribution in [-0.2, 0) is 4.74 Å². The summed E-state index contributed by atoms with van der Waals surface area (Å²) in [6, 6.07) is 1.67. The van der Waals surface area contributed by atoms with Crippen LogP contribution in [-0.4, -0.2) is 23.5 Å². The van der Waals surface area contributed by atoms with E-state index in [0.717, 1.165) is 18.4 Å². The quantitative estimate of drug-likeness (QED) is 0.841. The number of aryl methyl sites for hydroxylation is 1. The highest BCUT2D eigenvalue weighted by Gasteiger charge is 2.43. The van der Waals surface area contributed by atoms with Crippen molar-refractivity contribution in [3.05, 3.63) is 28.6 Å². The van der Waals surface area contributed by atoms with Gasteiger partial charge in [0.05, 0.1) is 12.6 Å². The van der Waals surface area contributed by atoms with E-state index in [1.807, 2.05) is 0 Å². The lowest BCUT2D eigenvalue weighted by atomic mass is 9.99. The molecule has 19 heavy (non-hydrogen) atoms. The fourth-order valence-electron chi connectivity index (χ4n) is 2.62. The number of pyridine rings is 1. The number of nitrogens with zero attached hydrogens (tertiary/aromatic N) is 1. The zero-order valence-electron chi connectivity index (χ0n) is 11.0. The molecule has 3 rings (SSSR count). The molecular weight excluding hydrogens is 244 g/mol. The van der Waals surface area contributed by atoms with E-state index in [4.69, 9.17) is 4.74 Å². The van der Waals surface area contributed by atoms with Gasteiger partial charge in [-0.1, -0.05) is 0 Å². The Kier molecular flexibility index (Phi) is 2.77. The first-order valence-electron chi connectivity index (χ1n) is 6.61. The molecule has 5 nitrogen and oxygen atoms in total. The maximum Gasteiger partial charge on any atom is 0.357 e. The van der Waals surface area contributed by atoms with Crippen LogP contribution < -0.4 is 5.32 Å². The van der Waals surface area contributed by atoms with Gasteiger partial charge >= 0.3 is 5.97 Å². The number of carbonyl (C=O) groups excluding carboxylic acids is 2. The predicted octanol–water partition coefficient (Wildman–Crippen LogP) is 1.76. The van der Waals surface area contributed by atoms with Crippen LogP contribution >= 0.6 is 0 Å². The van der Waals surface area contributed by atoms with Crippen molar-refractivity contribution in [3.63, 3.8) is 0 Å². The molecule has 1 aliphatic carbocycles. The Hall–Kier alpha value is -1.91. The van der Waals surface area contributed by atoms with Crippen molar-refractivity contribution >= 4 is 11.9 Å². The minimum Gasteiger partial charge on any atom is -0.461 e. The number of amides is 1. The third kappa shape index (κ3) is 1.99. The highest BCUT2D eigenvalue weighted by Crippen LogP contribution is 2.45. The summed E-state index contributed by atoms with van der Waals surface area (Å²) in [6.45, 7) is 3.84. The van der Waals surface area contributed by atoms with E-state index in [-0.39, 0.29) is 11.9 Å². The number of hydrogen-bond acceptors (Lipinski definition) is 4. The van der Waals surface area contributed by atoms with Gasteiger partial charge < -0.3 is 10.1 Å². The van der Waals surface area contributed by atoms with E-state index < -0.39 is 5.97 Å². The van der Waals surface area contributed by atoms with Crippen molar-refractivity contribution in [2.24, 2.45) is 5.92 Å². The van der Waals surface area contributed by atoms with Gasteiger partial charge in [-0.25, -0.2) is 9.78 Å². The lowest BCUT2D eigenvalue weighted by Gasteiger charge is -2.13. The third-order valence-corrected chi connectivity index (χ3v) is 3.59.